The molecule has 1 aromatic rings. The van der Waals surface area contributed by atoms with E-state index in [0.29, 0.717) is 5.56 Å². The first-order valence-electron chi connectivity index (χ1n) is 6.93. The monoisotopic (exact) mass is 266 g/mol. The third-order valence-corrected chi connectivity index (χ3v) is 1.90. The molecule has 19 heavy (non-hydrogen) atoms. The van der Waals surface area contributed by atoms with Crippen molar-refractivity contribution < 1.29 is 14.6 Å². The van der Waals surface area contributed by atoms with E-state index < -0.39 is 5.97 Å². The lowest BCUT2D eigenvalue weighted by Gasteiger charge is -1.97. The minimum absolute atomic E-state index is 0.0104. The van der Waals surface area contributed by atoms with E-state index in [2.05, 4.69) is 4.74 Å². The van der Waals surface area contributed by atoms with Gasteiger partial charge in [0.05, 0.1) is 0 Å². The number of hydrogen-bond donors (Lipinski definition) is 1. The summed E-state index contributed by atoms with van der Waals surface area (Å²) >= 11 is 0. The lowest BCUT2D eigenvalue weighted by atomic mass is 10.1. The van der Waals surface area contributed by atoms with Crippen LogP contribution in [0.1, 0.15) is 47.1 Å². The van der Waals surface area contributed by atoms with Crippen molar-refractivity contribution >= 4 is 11.5 Å². The molecular formula is C16H26O3. The highest BCUT2D eigenvalue weighted by atomic mass is 16.5. The fraction of sp³-hybridized carbons (Fsp3) is 0.438. The molecule has 0 fully saturated rings. The summed E-state index contributed by atoms with van der Waals surface area (Å²) in [5.74, 6) is -0.445. The molecule has 1 aliphatic rings. The number of cyclic esters (lactones) is 1. The van der Waals surface area contributed by atoms with Gasteiger partial charge < -0.3 is 9.84 Å². The maximum Gasteiger partial charge on any atom is 0.342 e. The van der Waals surface area contributed by atoms with Crippen LogP contribution in [-0.4, -0.2) is 17.7 Å². The summed E-state index contributed by atoms with van der Waals surface area (Å²) in [5.41, 5.74) is 0.975. The van der Waals surface area contributed by atoms with Crippen molar-refractivity contribution in [3.63, 3.8) is 0 Å². The molecule has 0 saturated carbocycles. The topological polar surface area (TPSA) is 46.5 Å². The number of rotatable bonds is 1. The summed E-state index contributed by atoms with van der Waals surface area (Å²) in [5, 5.41) is 9.35. The van der Waals surface area contributed by atoms with Crippen molar-refractivity contribution in [2.75, 3.05) is 6.61 Å². The molecule has 3 heteroatoms. The zero-order chi connectivity index (χ0) is 15.3. The van der Waals surface area contributed by atoms with Crippen LogP contribution in [0.2, 0.25) is 0 Å². The molecule has 2 rings (SSSR count). The molecule has 0 bridgehead atoms. The Morgan fingerprint density at radius 1 is 0.947 bits per heavy atom. The van der Waals surface area contributed by atoms with Crippen LogP contribution in [-0.2, 0) is 9.53 Å². The Balaban J connectivity index is 0. The van der Waals surface area contributed by atoms with Gasteiger partial charge in [0.15, 0.2) is 0 Å². The molecule has 0 unspecified atom stereocenters. The minimum Gasteiger partial charge on any atom is -0.508 e. The molecule has 0 aromatic heterocycles. The van der Waals surface area contributed by atoms with Gasteiger partial charge in [-0.3, -0.25) is 0 Å². The van der Waals surface area contributed by atoms with Gasteiger partial charge in [0.2, 0.25) is 0 Å². The average molecular weight is 266 g/mol. The molecule has 1 aromatic carbocycles. The van der Waals surface area contributed by atoms with Crippen LogP contribution >= 0.6 is 0 Å². The molecule has 108 valence electrons. The molecule has 3 nitrogen and oxygen atoms in total. The molecule has 0 atom stereocenters. The fourth-order valence-electron chi connectivity index (χ4n) is 1.29. The van der Waals surface area contributed by atoms with E-state index in [9.17, 15) is 9.90 Å². The third-order valence-electron chi connectivity index (χ3n) is 1.90. The third kappa shape index (κ3) is 6.09. The van der Waals surface area contributed by atoms with Crippen molar-refractivity contribution in [2.24, 2.45) is 0 Å². The van der Waals surface area contributed by atoms with Gasteiger partial charge in [-0.2, -0.15) is 0 Å². The van der Waals surface area contributed by atoms with Crippen LogP contribution in [0.3, 0.4) is 0 Å². The first-order valence-corrected chi connectivity index (χ1v) is 6.93. The van der Waals surface area contributed by atoms with Gasteiger partial charge in [-0.1, -0.05) is 71.9 Å². The molecule has 0 radical (unpaired) electrons. The second kappa shape index (κ2) is 12.7. The number of aliphatic hydroxyl groups excluding tert-OH is 1. The molecule has 0 aliphatic carbocycles. The number of ether oxygens (including phenoxy) is 1. The first kappa shape index (κ1) is 19.6. The second-order valence-electron chi connectivity index (χ2n) is 2.76. The number of esters is 1. The highest BCUT2D eigenvalue weighted by molar-refractivity contribution is 6.18. The van der Waals surface area contributed by atoms with E-state index >= 15 is 0 Å². The van der Waals surface area contributed by atoms with Gasteiger partial charge in [-0.15, -0.1) is 0 Å². The van der Waals surface area contributed by atoms with E-state index in [1.165, 1.54) is 0 Å². The van der Waals surface area contributed by atoms with Crippen molar-refractivity contribution in [2.45, 2.75) is 41.5 Å². The fourth-order valence-corrected chi connectivity index (χ4v) is 1.29. The lowest BCUT2D eigenvalue weighted by Crippen LogP contribution is -1.98. The van der Waals surface area contributed by atoms with Gasteiger partial charge in [0, 0.05) is 0 Å². The van der Waals surface area contributed by atoms with E-state index in [-0.39, 0.29) is 17.9 Å². The van der Waals surface area contributed by atoms with Crippen LogP contribution in [0.5, 0.6) is 0 Å². The average Bonchev–Trinajstić information content (AvgIpc) is 2.85. The standard InChI is InChI=1S/C10H8O3.3C2H6/c11-8-6-13-10(12)9(8)7-4-2-1-3-5-7;3*1-2/h1-5,11H,6H2;3*1-2H3. The summed E-state index contributed by atoms with van der Waals surface area (Å²) in [6, 6.07) is 8.99. The molecule has 0 spiro atoms. The SMILES string of the molecule is CC.CC.CC.O=C1OCC(O)=C1c1ccccc1. The molecule has 1 N–H and O–H groups in total. The predicted octanol–water partition coefficient (Wildman–Crippen LogP) is 4.59. The zero-order valence-corrected chi connectivity index (χ0v) is 12.9. The molecule has 0 saturated heterocycles. The predicted molar refractivity (Wildman–Crippen MR) is 81.0 cm³/mol. The van der Waals surface area contributed by atoms with Gasteiger partial charge >= 0.3 is 5.97 Å². The Kier molecular flexibility index (Phi) is 13.1. The highest BCUT2D eigenvalue weighted by Crippen LogP contribution is 2.23. The summed E-state index contributed by atoms with van der Waals surface area (Å²) < 4.78 is 4.67. The Hall–Kier alpha value is -1.77. The van der Waals surface area contributed by atoms with E-state index in [1.807, 2.05) is 47.6 Å². The molecule has 0 amide bonds. The van der Waals surface area contributed by atoms with E-state index in [4.69, 9.17) is 0 Å². The smallest absolute Gasteiger partial charge is 0.342 e. The Morgan fingerprint density at radius 3 is 1.79 bits per heavy atom. The number of carbonyl (C=O) groups excluding carboxylic acids is 1. The Morgan fingerprint density at radius 2 is 1.42 bits per heavy atom. The van der Waals surface area contributed by atoms with Crippen LogP contribution in [0.4, 0.5) is 0 Å². The van der Waals surface area contributed by atoms with Crippen LogP contribution in [0.25, 0.3) is 5.57 Å². The largest absolute Gasteiger partial charge is 0.508 e. The maximum absolute atomic E-state index is 11.1. The van der Waals surface area contributed by atoms with E-state index in [1.54, 1.807) is 24.3 Å². The minimum atomic E-state index is -0.455. The van der Waals surface area contributed by atoms with Gasteiger partial charge in [0.1, 0.15) is 17.9 Å². The van der Waals surface area contributed by atoms with Gasteiger partial charge in [0.25, 0.3) is 0 Å². The number of carbonyl (C=O) groups is 1. The summed E-state index contributed by atoms with van der Waals surface area (Å²) in [4.78, 5) is 11.1. The zero-order valence-electron chi connectivity index (χ0n) is 12.9. The highest BCUT2D eigenvalue weighted by Gasteiger charge is 2.25. The van der Waals surface area contributed by atoms with Crippen molar-refractivity contribution in [3.05, 3.63) is 41.7 Å². The number of aliphatic hydroxyl groups is 1. The van der Waals surface area contributed by atoms with Crippen LogP contribution < -0.4 is 0 Å². The molecule has 1 aliphatic heterocycles. The van der Waals surface area contributed by atoms with Crippen LogP contribution in [0.15, 0.2) is 36.1 Å². The quantitative estimate of drug-likeness (QED) is 0.756. The van der Waals surface area contributed by atoms with Crippen molar-refractivity contribution in [1.82, 2.24) is 0 Å². The Labute approximate surface area is 116 Å². The molecule has 1 heterocycles. The summed E-state index contributed by atoms with van der Waals surface area (Å²) in [6.07, 6.45) is 0. The molecular weight excluding hydrogens is 240 g/mol. The lowest BCUT2D eigenvalue weighted by molar-refractivity contribution is -0.134. The van der Waals surface area contributed by atoms with Crippen molar-refractivity contribution in [3.8, 4) is 0 Å². The normalized spacial score (nSPS) is 12.0. The first-order chi connectivity index (χ1) is 9.29. The van der Waals surface area contributed by atoms with E-state index in [0.717, 1.165) is 0 Å². The number of benzene rings is 1. The summed E-state index contributed by atoms with van der Waals surface area (Å²) in [7, 11) is 0. The Bertz CT molecular complexity index is 367. The number of hydrogen-bond acceptors (Lipinski definition) is 3. The summed E-state index contributed by atoms with van der Waals surface area (Å²) in [6.45, 7) is 12.0. The maximum atomic E-state index is 11.1. The van der Waals surface area contributed by atoms with Gasteiger partial charge in [-0.25, -0.2) is 4.79 Å². The second-order valence-corrected chi connectivity index (χ2v) is 2.76. The van der Waals surface area contributed by atoms with Gasteiger partial charge in [-0.05, 0) is 5.56 Å². The van der Waals surface area contributed by atoms with Crippen molar-refractivity contribution in [1.29, 1.82) is 0 Å². The van der Waals surface area contributed by atoms with Crippen LogP contribution in [0, 0.1) is 0 Å².